The molecule has 0 saturated carbocycles. The van der Waals surface area contributed by atoms with E-state index < -0.39 is 5.97 Å². The van der Waals surface area contributed by atoms with E-state index in [4.69, 9.17) is 10.5 Å². The minimum atomic E-state index is -1.02. The van der Waals surface area contributed by atoms with E-state index in [1.807, 2.05) is 25.1 Å². The highest BCUT2D eigenvalue weighted by Crippen LogP contribution is 2.41. The van der Waals surface area contributed by atoms with E-state index in [0.717, 1.165) is 10.4 Å². The highest BCUT2D eigenvalue weighted by molar-refractivity contribution is 7.16. The van der Waals surface area contributed by atoms with E-state index in [1.54, 1.807) is 13.2 Å². The number of carboxylic acids is 1. The fourth-order valence-electron chi connectivity index (χ4n) is 1.95. The number of ether oxygens (including phenoxy) is 1. The number of benzene rings is 1. The highest BCUT2D eigenvalue weighted by atomic mass is 32.1. The molecule has 3 N–H and O–H groups in total. The van der Waals surface area contributed by atoms with Crippen LogP contribution >= 0.6 is 11.3 Å². The average Bonchev–Trinajstić information content (AvgIpc) is 2.64. The summed E-state index contributed by atoms with van der Waals surface area (Å²) in [6, 6.07) is 7.32. The second-order valence-electron chi connectivity index (χ2n) is 3.78. The van der Waals surface area contributed by atoms with Crippen LogP contribution in [-0.2, 0) is 0 Å². The van der Waals surface area contributed by atoms with Crippen LogP contribution in [0.5, 0.6) is 5.75 Å². The smallest absolute Gasteiger partial charge is 0.339 e. The van der Waals surface area contributed by atoms with Crippen LogP contribution < -0.4 is 10.5 Å². The normalized spacial score (nSPS) is 10.3. The van der Waals surface area contributed by atoms with Crippen LogP contribution in [-0.4, -0.2) is 18.2 Å². The molecule has 5 heteroatoms. The van der Waals surface area contributed by atoms with Crippen molar-refractivity contribution < 1.29 is 14.6 Å². The number of aryl methyl sites for hydroxylation is 1. The van der Waals surface area contributed by atoms with Gasteiger partial charge in [-0.25, -0.2) is 4.79 Å². The zero-order valence-electron chi connectivity index (χ0n) is 10.1. The lowest BCUT2D eigenvalue weighted by molar-refractivity contribution is 0.0699. The summed E-state index contributed by atoms with van der Waals surface area (Å²) in [6.45, 7) is 1.86. The molecule has 18 heavy (non-hydrogen) atoms. The van der Waals surface area contributed by atoms with Crippen molar-refractivity contribution >= 4 is 22.3 Å². The van der Waals surface area contributed by atoms with Crippen molar-refractivity contribution in [3.05, 3.63) is 34.7 Å². The Morgan fingerprint density at radius 1 is 1.39 bits per heavy atom. The number of aromatic carboxylic acids is 1. The fraction of sp³-hybridized carbons (Fsp3) is 0.154. The molecule has 0 atom stereocenters. The maximum Gasteiger partial charge on any atom is 0.339 e. The van der Waals surface area contributed by atoms with E-state index in [2.05, 4.69) is 0 Å². The van der Waals surface area contributed by atoms with Gasteiger partial charge < -0.3 is 15.6 Å². The molecule has 0 aliphatic carbocycles. The van der Waals surface area contributed by atoms with Crippen molar-refractivity contribution in [3.8, 4) is 16.9 Å². The first-order chi connectivity index (χ1) is 8.56. The van der Waals surface area contributed by atoms with Crippen LogP contribution in [0.2, 0.25) is 0 Å². The van der Waals surface area contributed by atoms with Gasteiger partial charge in [0.2, 0.25) is 0 Å². The first-order valence-electron chi connectivity index (χ1n) is 5.31. The molecule has 1 aromatic carbocycles. The Hall–Kier alpha value is -2.01. The number of nitrogens with two attached hydrogens (primary N) is 1. The summed E-state index contributed by atoms with van der Waals surface area (Å²) >= 11 is 1.28. The number of methoxy groups -OCH3 is 1. The summed E-state index contributed by atoms with van der Waals surface area (Å²) in [6.07, 6.45) is 0. The topological polar surface area (TPSA) is 72.5 Å². The average molecular weight is 263 g/mol. The van der Waals surface area contributed by atoms with Crippen LogP contribution in [0.1, 0.15) is 15.2 Å². The summed E-state index contributed by atoms with van der Waals surface area (Å²) in [5.41, 5.74) is 7.32. The van der Waals surface area contributed by atoms with Crippen LogP contribution in [0, 0.1) is 6.92 Å². The first kappa shape index (κ1) is 12.4. The van der Waals surface area contributed by atoms with Gasteiger partial charge in [0.25, 0.3) is 0 Å². The largest absolute Gasteiger partial charge is 0.496 e. The lowest BCUT2D eigenvalue weighted by Crippen LogP contribution is -2.01. The Balaban J connectivity index is 2.74. The molecule has 2 aromatic rings. The summed E-state index contributed by atoms with van der Waals surface area (Å²) in [5, 5.41) is 9.59. The second kappa shape index (κ2) is 4.70. The molecule has 4 nitrogen and oxygen atoms in total. The van der Waals surface area contributed by atoms with Gasteiger partial charge in [0.1, 0.15) is 16.3 Å². The van der Waals surface area contributed by atoms with Gasteiger partial charge in [0.05, 0.1) is 7.11 Å². The van der Waals surface area contributed by atoms with Gasteiger partial charge in [-0.15, -0.1) is 11.3 Å². The number of para-hydroxylation sites is 1. The molecule has 0 amide bonds. The van der Waals surface area contributed by atoms with Gasteiger partial charge in [-0.05, 0) is 13.0 Å². The van der Waals surface area contributed by atoms with Gasteiger partial charge >= 0.3 is 5.97 Å². The number of anilines is 1. The molecular weight excluding hydrogens is 250 g/mol. The summed E-state index contributed by atoms with van der Waals surface area (Å²) in [7, 11) is 1.56. The van der Waals surface area contributed by atoms with Gasteiger partial charge in [0.15, 0.2) is 0 Å². The van der Waals surface area contributed by atoms with E-state index in [-0.39, 0.29) is 5.56 Å². The lowest BCUT2D eigenvalue weighted by Gasteiger charge is -2.09. The molecule has 1 aromatic heterocycles. The van der Waals surface area contributed by atoms with E-state index >= 15 is 0 Å². The van der Waals surface area contributed by atoms with Crippen molar-refractivity contribution in [1.29, 1.82) is 0 Å². The number of carbonyl (C=O) groups is 1. The van der Waals surface area contributed by atoms with Gasteiger partial charge in [-0.1, -0.05) is 18.2 Å². The molecule has 0 fully saturated rings. The molecular formula is C13H13NO3S. The standard InChI is InChI=1S/C13H13NO3S/c1-7-10(11(13(15)16)12(14)18-7)8-5-3-4-6-9(8)17-2/h3-6H,14H2,1-2H3,(H,15,16). The zero-order valence-corrected chi connectivity index (χ0v) is 10.9. The third-order valence-corrected chi connectivity index (χ3v) is 3.64. The zero-order chi connectivity index (χ0) is 13.3. The predicted molar refractivity (Wildman–Crippen MR) is 72.4 cm³/mol. The maximum absolute atomic E-state index is 11.3. The number of hydrogen-bond acceptors (Lipinski definition) is 4. The van der Waals surface area contributed by atoms with Gasteiger partial charge in [-0.3, -0.25) is 0 Å². The minimum absolute atomic E-state index is 0.155. The fourth-order valence-corrected chi connectivity index (χ4v) is 2.89. The lowest BCUT2D eigenvalue weighted by atomic mass is 10.0. The van der Waals surface area contributed by atoms with Crippen molar-refractivity contribution in [1.82, 2.24) is 0 Å². The van der Waals surface area contributed by atoms with Crippen molar-refractivity contribution in [3.63, 3.8) is 0 Å². The minimum Gasteiger partial charge on any atom is -0.496 e. The third-order valence-electron chi connectivity index (χ3n) is 2.70. The summed E-state index contributed by atoms with van der Waals surface area (Å²) in [5.74, 6) is -0.376. The molecule has 0 unspecified atom stereocenters. The number of rotatable bonds is 3. The van der Waals surface area contributed by atoms with E-state index in [9.17, 15) is 9.90 Å². The molecule has 2 rings (SSSR count). The quantitative estimate of drug-likeness (QED) is 0.892. The number of thiophene rings is 1. The molecule has 94 valence electrons. The Labute approximate surface area is 109 Å². The monoisotopic (exact) mass is 263 g/mol. The van der Waals surface area contributed by atoms with Crippen LogP contribution in [0.15, 0.2) is 24.3 Å². The first-order valence-corrected chi connectivity index (χ1v) is 6.13. The van der Waals surface area contributed by atoms with Crippen LogP contribution in [0.3, 0.4) is 0 Å². The van der Waals surface area contributed by atoms with E-state index in [1.165, 1.54) is 11.3 Å². The maximum atomic E-state index is 11.3. The molecule has 0 spiro atoms. The Morgan fingerprint density at radius 3 is 2.67 bits per heavy atom. The Morgan fingerprint density at radius 2 is 2.06 bits per heavy atom. The number of carboxylic acid groups (broad SMARTS) is 1. The third kappa shape index (κ3) is 1.93. The Bertz CT molecular complexity index is 604. The second-order valence-corrected chi connectivity index (χ2v) is 5.03. The van der Waals surface area contributed by atoms with E-state index in [0.29, 0.717) is 16.3 Å². The Kier molecular flexibility index (Phi) is 3.25. The molecule has 1 heterocycles. The molecule has 0 radical (unpaired) electrons. The van der Waals surface area contributed by atoms with Crippen molar-refractivity contribution in [2.45, 2.75) is 6.92 Å². The molecule has 0 bridgehead atoms. The SMILES string of the molecule is COc1ccccc1-c1c(C)sc(N)c1C(=O)O. The van der Waals surface area contributed by atoms with Gasteiger partial charge in [0, 0.05) is 16.0 Å². The van der Waals surface area contributed by atoms with Gasteiger partial charge in [-0.2, -0.15) is 0 Å². The molecule has 0 aliphatic rings. The molecule has 0 aliphatic heterocycles. The predicted octanol–water partition coefficient (Wildman–Crippen LogP) is 3.01. The van der Waals surface area contributed by atoms with Crippen molar-refractivity contribution in [2.75, 3.05) is 12.8 Å². The highest BCUT2D eigenvalue weighted by Gasteiger charge is 2.22. The van der Waals surface area contributed by atoms with Crippen LogP contribution in [0.25, 0.3) is 11.1 Å². The van der Waals surface area contributed by atoms with Crippen molar-refractivity contribution in [2.24, 2.45) is 0 Å². The summed E-state index contributed by atoms with van der Waals surface area (Å²) in [4.78, 5) is 12.2. The summed E-state index contributed by atoms with van der Waals surface area (Å²) < 4.78 is 5.27. The number of hydrogen-bond donors (Lipinski definition) is 2. The molecule has 0 saturated heterocycles. The van der Waals surface area contributed by atoms with Crippen LogP contribution in [0.4, 0.5) is 5.00 Å². The number of nitrogen functional groups attached to an aromatic ring is 1.